The van der Waals surface area contributed by atoms with Crippen molar-refractivity contribution < 1.29 is 14.3 Å². The summed E-state index contributed by atoms with van der Waals surface area (Å²) in [6.07, 6.45) is 0. The van der Waals surface area contributed by atoms with E-state index < -0.39 is 0 Å². The topological polar surface area (TPSA) is 71.5 Å². The summed E-state index contributed by atoms with van der Waals surface area (Å²) in [7, 11) is 3.35. The zero-order chi connectivity index (χ0) is 19.9. The summed E-state index contributed by atoms with van der Waals surface area (Å²) < 4.78 is 6.20. The Balaban J connectivity index is 1.41. The average molecular weight is 416 g/mol. The highest BCUT2D eigenvalue weighted by atomic mass is 32.2. The third kappa shape index (κ3) is 5.46. The summed E-state index contributed by atoms with van der Waals surface area (Å²) in [6.45, 7) is 0.469. The molecule has 0 saturated carbocycles. The Bertz CT molecular complexity index is 924. The molecular formula is C20H21N3O3S2. The highest BCUT2D eigenvalue weighted by Crippen LogP contribution is 2.22. The number of nitrogens with one attached hydrogen (secondary N) is 1. The maximum absolute atomic E-state index is 12.3. The predicted octanol–water partition coefficient (Wildman–Crippen LogP) is 3.64. The highest BCUT2D eigenvalue weighted by Gasteiger charge is 2.13. The molecular weight excluding hydrogens is 394 g/mol. The number of carbonyl (C=O) groups is 2. The fraction of sp³-hybridized carbons (Fsp3) is 0.250. The van der Waals surface area contributed by atoms with Gasteiger partial charge in [-0.3, -0.25) is 9.59 Å². The maximum Gasteiger partial charge on any atom is 0.234 e. The minimum atomic E-state index is -0.142. The molecule has 1 N–H and O–H groups in total. The minimum Gasteiger partial charge on any atom is -0.497 e. The normalized spacial score (nSPS) is 10.6. The van der Waals surface area contributed by atoms with Crippen LogP contribution in [0.15, 0.2) is 48.5 Å². The number of hydrogen-bond acceptors (Lipinski definition) is 6. The fourth-order valence-corrected chi connectivity index (χ4v) is 4.27. The number of carbonyl (C=O) groups excluding carboxylic acids is 2. The average Bonchev–Trinajstić information content (AvgIpc) is 3.10. The lowest BCUT2D eigenvalue weighted by Crippen LogP contribution is -2.28. The van der Waals surface area contributed by atoms with Crippen LogP contribution in [-0.2, 0) is 16.1 Å². The summed E-state index contributed by atoms with van der Waals surface area (Å²) in [4.78, 5) is 30.5. The van der Waals surface area contributed by atoms with E-state index in [2.05, 4.69) is 10.3 Å². The molecule has 0 aliphatic heterocycles. The van der Waals surface area contributed by atoms with E-state index in [-0.39, 0.29) is 23.3 Å². The van der Waals surface area contributed by atoms with Crippen LogP contribution in [0.4, 0.5) is 5.69 Å². The van der Waals surface area contributed by atoms with Gasteiger partial charge in [0.15, 0.2) is 0 Å². The Morgan fingerprint density at radius 1 is 1.14 bits per heavy atom. The molecule has 1 heterocycles. The van der Waals surface area contributed by atoms with Crippen LogP contribution in [0.25, 0.3) is 10.2 Å². The van der Waals surface area contributed by atoms with Crippen molar-refractivity contribution in [1.82, 2.24) is 9.88 Å². The number of fused-ring (bicyclic) bond motifs is 1. The van der Waals surface area contributed by atoms with Gasteiger partial charge >= 0.3 is 0 Å². The van der Waals surface area contributed by atoms with Gasteiger partial charge in [0.25, 0.3) is 0 Å². The SMILES string of the molecule is COc1ccc(NC(=O)CSCC(=O)N(C)Cc2nc3ccccc3s2)cc1. The summed E-state index contributed by atoms with van der Waals surface area (Å²) in [5.41, 5.74) is 1.65. The lowest BCUT2D eigenvalue weighted by atomic mass is 10.3. The molecule has 0 bridgehead atoms. The predicted molar refractivity (Wildman–Crippen MR) is 115 cm³/mol. The van der Waals surface area contributed by atoms with Gasteiger partial charge in [-0.25, -0.2) is 4.98 Å². The third-order valence-electron chi connectivity index (χ3n) is 3.97. The standard InChI is InChI=1S/C20H21N3O3S2/c1-23(11-19-22-16-5-3-4-6-17(16)28-19)20(25)13-27-12-18(24)21-14-7-9-15(26-2)10-8-14/h3-10H,11-13H2,1-2H3,(H,21,24). The second kappa shape index (κ2) is 9.57. The molecule has 0 aliphatic carbocycles. The van der Waals surface area contributed by atoms with Crippen LogP contribution >= 0.6 is 23.1 Å². The van der Waals surface area contributed by atoms with Gasteiger partial charge in [0.2, 0.25) is 11.8 Å². The largest absolute Gasteiger partial charge is 0.497 e. The van der Waals surface area contributed by atoms with Crippen molar-refractivity contribution in [1.29, 1.82) is 0 Å². The molecule has 0 aliphatic rings. The Hall–Kier alpha value is -2.58. The van der Waals surface area contributed by atoms with Crippen LogP contribution in [-0.4, -0.2) is 47.4 Å². The van der Waals surface area contributed by atoms with Gasteiger partial charge < -0.3 is 15.0 Å². The molecule has 2 aromatic carbocycles. The van der Waals surface area contributed by atoms with E-state index in [0.29, 0.717) is 12.2 Å². The van der Waals surface area contributed by atoms with Crippen molar-refractivity contribution in [3.05, 3.63) is 53.5 Å². The molecule has 0 saturated heterocycles. The Kier molecular flexibility index (Phi) is 6.89. The second-order valence-corrected chi connectivity index (χ2v) is 8.20. The zero-order valence-corrected chi connectivity index (χ0v) is 17.3. The summed E-state index contributed by atoms with van der Waals surface area (Å²) in [6, 6.07) is 15.0. The van der Waals surface area contributed by atoms with Crippen molar-refractivity contribution in [2.24, 2.45) is 0 Å². The molecule has 0 atom stereocenters. The lowest BCUT2D eigenvalue weighted by Gasteiger charge is -2.15. The number of anilines is 1. The molecule has 0 spiro atoms. The van der Waals surface area contributed by atoms with E-state index in [4.69, 9.17) is 4.74 Å². The van der Waals surface area contributed by atoms with Crippen LogP contribution in [0.2, 0.25) is 0 Å². The van der Waals surface area contributed by atoms with Crippen LogP contribution in [0.1, 0.15) is 5.01 Å². The first-order valence-electron chi connectivity index (χ1n) is 8.65. The summed E-state index contributed by atoms with van der Waals surface area (Å²) in [5, 5.41) is 3.70. The van der Waals surface area contributed by atoms with E-state index in [1.54, 1.807) is 54.7 Å². The molecule has 3 rings (SSSR count). The van der Waals surface area contributed by atoms with Crippen molar-refractivity contribution in [3.8, 4) is 5.75 Å². The number of rotatable bonds is 8. The van der Waals surface area contributed by atoms with Gasteiger partial charge in [0.05, 0.1) is 35.4 Å². The lowest BCUT2D eigenvalue weighted by molar-refractivity contribution is -0.127. The Labute approximate surface area is 171 Å². The number of methoxy groups -OCH3 is 1. The van der Waals surface area contributed by atoms with Crippen molar-refractivity contribution in [3.63, 3.8) is 0 Å². The molecule has 0 fully saturated rings. The first-order valence-corrected chi connectivity index (χ1v) is 10.6. The van der Waals surface area contributed by atoms with E-state index >= 15 is 0 Å². The Morgan fingerprint density at radius 2 is 1.89 bits per heavy atom. The number of ether oxygens (including phenoxy) is 1. The molecule has 6 nitrogen and oxygen atoms in total. The molecule has 3 aromatic rings. The van der Waals surface area contributed by atoms with Gasteiger partial charge in [-0.1, -0.05) is 12.1 Å². The third-order valence-corrected chi connectivity index (χ3v) is 5.91. The first-order chi connectivity index (χ1) is 13.5. The van der Waals surface area contributed by atoms with Crippen LogP contribution in [0.3, 0.4) is 0 Å². The first kappa shape index (κ1) is 20.2. The van der Waals surface area contributed by atoms with Gasteiger partial charge in [0, 0.05) is 12.7 Å². The van der Waals surface area contributed by atoms with E-state index in [1.807, 2.05) is 24.3 Å². The number of nitrogens with zero attached hydrogens (tertiary/aromatic N) is 2. The number of thioether (sulfide) groups is 1. The summed E-state index contributed by atoms with van der Waals surface area (Å²) in [5.74, 6) is 1.02. The number of para-hydroxylation sites is 1. The molecule has 0 radical (unpaired) electrons. The van der Waals surface area contributed by atoms with Crippen LogP contribution in [0.5, 0.6) is 5.75 Å². The molecule has 28 heavy (non-hydrogen) atoms. The highest BCUT2D eigenvalue weighted by molar-refractivity contribution is 8.00. The van der Waals surface area contributed by atoms with Gasteiger partial charge in [-0.05, 0) is 36.4 Å². The molecule has 8 heteroatoms. The molecule has 146 valence electrons. The van der Waals surface area contributed by atoms with E-state index in [0.717, 1.165) is 21.0 Å². The van der Waals surface area contributed by atoms with Gasteiger partial charge in [-0.2, -0.15) is 0 Å². The van der Waals surface area contributed by atoms with E-state index in [1.165, 1.54) is 11.8 Å². The monoisotopic (exact) mass is 415 g/mol. The minimum absolute atomic E-state index is 0.0264. The molecule has 1 aromatic heterocycles. The van der Waals surface area contributed by atoms with Gasteiger partial charge in [-0.15, -0.1) is 23.1 Å². The van der Waals surface area contributed by atoms with Crippen molar-refractivity contribution in [2.75, 3.05) is 31.0 Å². The fourth-order valence-electron chi connectivity index (χ4n) is 2.49. The van der Waals surface area contributed by atoms with Crippen molar-refractivity contribution in [2.45, 2.75) is 6.54 Å². The maximum atomic E-state index is 12.3. The zero-order valence-electron chi connectivity index (χ0n) is 15.7. The number of amides is 2. The van der Waals surface area contributed by atoms with Gasteiger partial charge in [0.1, 0.15) is 10.8 Å². The quantitative estimate of drug-likeness (QED) is 0.608. The summed E-state index contributed by atoms with van der Waals surface area (Å²) >= 11 is 2.89. The number of aromatic nitrogens is 1. The number of benzene rings is 2. The van der Waals surface area contributed by atoms with Crippen molar-refractivity contribution >= 4 is 50.8 Å². The molecule has 2 amide bonds. The number of hydrogen-bond donors (Lipinski definition) is 1. The van der Waals surface area contributed by atoms with Crippen LogP contribution < -0.4 is 10.1 Å². The Morgan fingerprint density at radius 3 is 2.61 bits per heavy atom. The molecule has 0 unspecified atom stereocenters. The smallest absolute Gasteiger partial charge is 0.234 e. The van der Waals surface area contributed by atoms with Crippen LogP contribution in [0, 0.1) is 0 Å². The number of thiazole rings is 1. The second-order valence-electron chi connectivity index (χ2n) is 6.09. The van der Waals surface area contributed by atoms with E-state index in [9.17, 15) is 9.59 Å².